The molecular formula is C14H11Cl3FN. The highest BCUT2D eigenvalue weighted by atomic mass is 35.5. The highest BCUT2D eigenvalue weighted by Crippen LogP contribution is 2.29. The third-order valence-electron chi connectivity index (χ3n) is 2.72. The highest BCUT2D eigenvalue weighted by Gasteiger charge is 2.05. The van der Waals surface area contributed by atoms with Crippen molar-refractivity contribution in [1.29, 1.82) is 0 Å². The monoisotopic (exact) mass is 317 g/mol. The van der Waals surface area contributed by atoms with Gasteiger partial charge in [0.1, 0.15) is 5.82 Å². The Hall–Kier alpha value is -0.960. The molecule has 100 valence electrons. The topological polar surface area (TPSA) is 12.0 Å². The molecule has 1 nitrogen and oxygen atoms in total. The largest absolute Gasteiger partial charge is 0.380 e. The van der Waals surface area contributed by atoms with Gasteiger partial charge in [0.05, 0.1) is 15.7 Å². The molecular weight excluding hydrogens is 308 g/mol. The minimum Gasteiger partial charge on any atom is -0.380 e. The Bertz CT molecular complexity index is 614. The number of anilines is 1. The van der Waals surface area contributed by atoms with Gasteiger partial charge in [-0.2, -0.15) is 0 Å². The number of nitrogens with one attached hydrogen (secondary N) is 1. The maximum absolute atomic E-state index is 13.3. The second-order valence-electron chi connectivity index (χ2n) is 4.18. The van der Waals surface area contributed by atoms with E-state index in [9.17, 15) is 4.39 Å². The summed E-state index contributed by atoms with van der Waals surface area (Å²) in [5.74, 6) is -0.436. The van der Waals surface area contributed by atoms with Crippen LogP contribution in [0.15, 0.2) is 30.3 Å². The number of aryl methyl sites for hydroxylation is 1. The van der Waals surface area contributed by atoms with Crippen LogP contribution < -0.4 is 5.32 Å². The standard InChI is InChI=1S/C14H11Cl3FN/c1-8-4-12(17)14(6-11(8)16)19-7-9-2-3-10(15)13(18)5-9/h2-6,19H,7H2,1H3. The fourth-order valence-electron chi connectivity index (χ4n) is 1.63. The third kappa shape index (κ3) is 3.53. The third-order valence-corrected chi connectivity index (χ3v) is 3.74. The zero-order chi connectivity index (χ0) is 14.0. The second-order valence-corrected chi connectivity index (χ2v) is 5.40. The Morgan fingerprint density at radius 1 is 1.00 bits per heavy atom. The molecule has 0 spiro atoms. The Kier molecular flexibility index (Phi) is 4.56. The number of benzene rings is 2. The Morgan fingerprint density at radius 3 is 2.42 bits per heavy atom. The van der Waals surface area contributed by atoms with Gasteiger partial charge in [0.2, 0.25) is 0 Å². The van der Waals surface area contributed by atoms with Crippen LogP contribution in [0.2, 0.25) is 15.1 Å². The van der Waals surface area contributed by atoms with Gasteiger partial charge in [0.15, 0.2) is 0 Å². The average molecular weight is 319 g/mol. The van der Waals surface area contributed by atoms with E-state index in [1.54, 1.807) is 18.2 Å². The van der Waals surface area contributed by atoms with Crippen molar-refractivity contribution in [2.75, 3.05) is 5.32 Å². The minimum atomic E-state index is -0.436. The van der Waals surface area contributed by atoms with E-state index in [0.717, 1.165) is 11.1 Å². The molecule has 0 radical (unpaired) electrons. The molecule has 0 saturated carbocycles. The molecule has 0 unspecified atom stereocenters. The smallest absolute Gasteiger partial charge is 0.142 e. The predicted molar refractivity (Wildman–Crippen MR) is 79.9 cm³/mol. The van der Waals surface area contributed by atoms with Crippen LogP contribution in [0.3, 0.4) is 0 Å². The van der Waals surface area contributed by atoms with Gasteiger partial charge in [-0.1, -0.05) is 40.9 Å². The van der Waals surface area contributed by atoms with Gasteiger partial charge >= 0.3 is 0 Å². The number of hydrogen-bond acceptors (Lipinski definition) is 1. The van der Waals surface area contributed by atoms with Crippen LogP contribution in [0, 0.1) is 12.7 Å². The van der Waals surface area contributed by atoms with Crippen molar-refractivity contribution in [1.82, 2.24) is 0 Å². The van der Waals surface area contributed by atoms with E-state index in [1.807, 2.05) is 6.92 Å². The average Bonchev–Trinajstić information content (AvgIpc) is 2.36. The number of rotatable bonds is 3. The molecule has 5 heteroatoms. The van der Waals surface area contributed by atoms with Gasteiger partial charge in [-0.25, -0.2) is 4.39 Å². The van der Waals surface area contributed by atoms with Crippen molar-refractivity contribution in [3.05, 3.63) is 62.3 Å². The van der Waals surface area contributed by atoms with Crippen LogP contribution in [-0.4, -0.2) is 0 Å². The lowest BCUT2D eigenvalue weighted by atomic mass is 10.2. The van der Waals surface area contributed by atoms with Gasteiger partial charge in [-0.3, -0.25) is 0 Å². The van der Waals surface area contributed by atoms with Gasteiger partial charge in [0.25, 0.3) is 0 Å². The first-order chi connectivity index (χ1) is 8.97. The normalized spacial score (nSPS) is 10.6. The Balaban J connectivity index is 2.14. The summed E-state index contributed by atoms with van der Waals surface area (Å²) < 4.78 is 13.3. The molecule has 2 aromatic carbocycles. The summed E-state index contributed by atoms with van der Waals surface area (Å²) in [5.41, 5.74) is 2.40. The van der Waals surface area contributed by atoms with Crippen molar-refractivity contribution in [2.45, 2.75) is 13.5 Å². The summed E-state index contributed by atoms with van der Waals surface area (Å²) in [7, 11) is 0. The zero-order valence-corrected chi connectivity index (χ0v) is 12.4. The molecule has 1 N–H and O–H groups in total. The predicted octanol–water partition coefficient (Wildman–Crippen LogP) is 5.71. The number of halogens is 4. The molecule has 0 heterocycles. The van der Waals surface area contributed by atoms with Gasteiger partial charge in [-0.05, 0) is 42.3 Å². The first-order valence-corrected chi connectivity index (χ1v) is 6.74. The summed E-state index contributed by atoms with van der Waals surface area (Å²) in [6.07, 6.45) is 0. The summed E-state index contributed by atoms with van der Waals surface area (Å²) in [6.45, 7) is 2.32. The van der Waals surface area contributed by atoms with Crippen LogP contribution >= 0.6 is 34.8 Å². The van der Waals surface area contributed by atoms with Crippen LogP contribution in [0.5, 0.6) is 0 Å². The summed E-state index contributed by atoms with van der Waals surface area (Å²) >= 11 is 17.8. The second kappa shape index (κ2) is 6.00. The van der Waals surface area contributed by atoms with Crippen molar-refractivity contribution in [3.8, 4) is 0 Å². The van der Waals surface area contributed by atoms with E-state index in [4.69, 9.17) is 34.8 Å². The van der Waals surface area contributed by atoms with Crippen LogP contribution in [0.1, 0.15) is 11.1 Å². The Labute approximate surface area is 126 Å². The van der Waals surface area contributed by atoms with E-state index in [1.165, 1.54) is 12.1 Å². The van der Waals surface area contributed by atoms with E-state index in [2.05, 4.69) is 5.32 Å². The molecule has 19 heavy (non-hydrogen) atoms. The van der Waals surface area contributed by atoms with E-state index < -0.39 is 5.82 Å². The van der Waals surface area contributed by atoms with Crippen LogP contribution in [0.4, 0.5) is 10.1 Å². The molecule has 0 atom stereocenters. The lowest BCUT2D eigenvalue weighted by Crippen LogP contribution is -2.01. The van der Waals surface area contributed by atoms with E-state index in [-0.39, 0.29) is 5.02 Å². The lowest BCUT2D eigenvalue weighted by Gasteiger charge is -2.10. The molecule has 0 bridgehead atoms. The molecule has 2 rings (SSSR count). The summed E-state index contributed by atoms with van der Waals surface area (Å²) in [5, 5.41) is 4.44. The van der Waals surface area contributed by atoms with Crippen molar-refractivity contribution in [2.24, 2.45) is 0 Å². The first-order valence-electron chi connectivity index (χ1n) is 5.61. The molecule has 0 fully saturated rings. The molecule has 0 aliphatic heterocycles. The summed E-state index contributed by atoms with van der Waals surface area (Å²) in [4.78, 5) is 0. The molecule has 0 aliphatic carbocycles. The van der Waals surface area contributed by atoms with Gasteiger partial charge in [-0.15, -0.1) is 0 Å². The first kappa shape index (κ1) is 14.4. The summed E-state index contributed by atoms with van der Waals surface area (Å²) in [6, 6.07) is 8.21. The number of hydrogen-bond donors (Lipinski definition) is 1. The van der Waals surface area contributed by atoms with Crippen molar-refractivity contribution < 1.29 is 4.39 Å². The molecule has 0 saturated heterocycles. The van der Waals surface area contributed by atoms with Crippen molar-refractivity contribution in [3.63, 3.8) is 0 Å². The zero-order valence-electron chi connectivity index (χ0n) is 10.1. The van der Waals surface area contributed by atoms with Gasteiger partial charge < -0.3 is 5.32 Å². The van der Waals surface area contributed by atoms with Crippen LogP contribution in [0.25, 0.3) is 0 Å². The van der Waals surface area contributed by atoms with Crippen LogP contribution in [-0.2, 0) is 6.54 Å². The lowest BCUT2D eigenvalue weighted by molar-refractivity contribution is 0.626. The van der Waals surface area contributed by atoms with E-state index in [0.29, 0.717) is 22.3 Å². The quantitative estimate of drug-likeness (QED) is 0.764. The SMILES string of the molecule is Cc1cc(Cl)c(NCc2ccc(Cl)c(F)c2)cc1Cl. The van der Waals surface area contributed by atoms with Gasteiger partial charge in [0, 0.05) is 11.6 Å². The fraction of sp³-hybridized carbons (Fsp3) is 0.143. The molecule has 2 aromatic rings. The maximum Gasteiger partial charge on any atom is 0.142 e. The maximum atomic E-state index is 13.3. The minimum absolute atomic E-state index is 0.111. The molecule has 0 aliphatic rings. The molecule has 0 amide bonds. The fourth-order valence-corrected chi connectivity index (χ4v) is 2.19. The Morgan fingerprint density at radius 2 is 1.74 bits per heavy atom. The van der Waals surface area contributed by atoms with E-state index >= 15 is 0 Å². The molecule has 0 aromatic heterocycles. The van der Waals surface area contributed by atoms with Crippen molar-refractivity contribution >= 4 is 40.5 Å². The highest BCUT2D eigenvalue weighted by molar-refractivity contribution is 6.35.